The predicted octanol–water partition coefficient (Wildman–Crippen LogP) is 2.54. The first-order valence-electron chi connectivity index (χ1n) is 7.46. The predicted molar refractivity (Wildman–Crippen MR) is 87.8 cm³/mol. The van der Waals surface area contributed by atoms with E-state index in [1.54, 1.807) is 24.5 Å². The topological polar surface area (TPSA) is 92.8 Å². The summed E-state index contributed by atoms with van der Waals surface area (Å²) in [5.41, 5.74) is 2.85. The van der Waals surface area contributed by atoms with Crippen molar-refractivity contribution in [2.75, 3.05) is 0 Å². The average molecular weight is 323 g/mol. The minimum Gasteiger partial charge on any atom is -0.437 e. The van der Waals surface area contributed by atoms with Gasteiger partial charge in [0.25, 0.3) is 5.91 Å². The molecule has 122 valence electrons. The number of carbonyl (C=O) groups is 1. The fraction of sp³-hybridized carbons (Fsp3) is 0.176. The zero-order valence-electron chi connectivity index (χ0n) is 13.4. The van der Waals surface area contributed by atoms with E-state index in [9.17, 15) is 4.79 Å². The third-order valence-electron chi connectivity index (χ3n) is 3.33. The van der Waals surface area contributed by atoms with E-state index in [1.165, 1.54) is 0 Å². The Bertz CT molecular complexity index is 842. The molecule has 3 aromatic rings. The van der Waals surface area contributed by atoms with Crippen molar-refractivity contribution in [1.29, 1.82) is 0 Å². The summed E-state index contributed by atoms with van der Waals surface area (Å²) in [6.07, 6.45) is 3.28. The SMILES string of the molecule is Cc1ccc(Oc2ncccc2CNC(=O)c2cc(C)[nH]n2)cn1. The number of aryl methyl sites for hydroxylation is 2. The molecule has 3 heterocycles. The van der Waals surface area contributed by atoms with Gasteiger partial charge in [0.1, 0.15) is 11.4 Å². The van der Waals surface area contributed by atoms with Crippen molar-refractivity contribution in [2.45, 2.75) is 20.4 Å². The second-order valence-corrected chi connectivity index (χ2v) is 5.32. The molecule has 0 aliphatic carbocycles. The summed E-state index contributed by atoms with van der Waals surface area (Å²) in [6, 6.07) is 9.01. The Morgan fingerprint density at radius 2 is 2.12 bits per heavy atom. The number of hydrogen-bond donors (Lipinski definition) is 2. The van der Waals surface area contributed by atoms with Crippen LogP contribution in [0.15, 0.2) is 42.7 Å². The molecule has 0 aliphatic heterocycles. The number of H-pyrrole nitrogens is 1. The number of amides is 1. The molecular weight excluding hydrogens is 306 g/mol. The number of ether oxygens (including phenoxy) is 1. The van der Waals surface area contributed by atoms with E-state index in [2.05, 4.69) is 25.5 Å². The van der Waals surface area contributed by atoms with Gasteiger partial charge in [0.2, 0.25) is 5.88 Å². The largest absolute Gasteiger partial charge is 0.437 e. The van der Waals surface area contributed by atoms with Crippen LogP contribution in [0.2, 0.25) is 0 Å². The monoisotopic (exact) mass is 323 g/mol. The van der Waals surface area contributed by atoms with Crippen LogP contribution >= 0.6 is 0 Å². The lowest BCUT2D eigenvalue weighted by Crippen LogP contribution is -2.23. The van der Waals surface area contributed by atoms with E-state index in [1.807, 2.05) is 32.0 Å². The normalized spacial score (nSPS) is 10.4. The maximum atomic E-state index is 12.1. The maximum Gasteiger partial charge on any atom is 0.272 e. The summed E-state index contributed by atoms with van der Waals surface area (Å²) in [6.45, 7) is 4.03. The highest BCUT2D eigenvalue weighted by Crippen LogP contribution is 2.22. The highest BCUT2D eigenvalue weighted by molar-refractivity contribution is 5.92. The molecule has 0 aliphatic rings. The van der Waals surface area contributed by atoms with Crippen LogP contribution in [-0.4, -0.2) is 26.1 Å². The van der Waals surface area contributed by atoms with E-state index < -0.39 is 0 Å². The first-order chi connectivity index (χ1) is 11.6. The first-order valence-corrected chi connectivity index (χ1v) is 7.46. The number of carbonyl (C=O) groups excluding carboxylic acids is 1. The van der Waals surface area contributed by atoms with E-state index in [-0.39, 0.29) is 12.5 Å². The first kappa shape index (κ1) is 15.7. The fourth-order valence-corrected chi connectivity index (χ4v) is 2.08. The molecule has 0 saturated carbocycles. The molecule has 0 bridgehead atoms. The second kappa shape index (κ2) is 6.91. The molecule has 24 heavy (non-hydrogen) atoms. The molecule has 7 heteroatoms. The second-order valence-electron chi connectivity index (χ2n) is 5.32. The maximum absolute atomic E-state index is 12.1. The minimum absolute atomic E-state index is 0.258. The molecule has 7 nitrogen and oxygen atoms in total. The molecule has 0 fully saturated rings. The number of pyridine rings is 2. The Hall–Kier alpha value is -3.22. The molecule has 0 atom stereocenters. The van der Waals surface area contributed by atoms with E-state index in [4.69, 9.17) is 4.74 Å². The molecule has 0 spiro atoms. The van der Waals surface area contributed by atoms with Crippen LogP contribution in [0.25, 0.3) is 0 Å². The summed E-state index contributed by atoms with van der Waals surface area (Å²) < 4.78 is 5.76. The smallest absolute Gasteiger partial charge is 0.272 e. The molecule has 3 aromatic heterocycles. The molecular formula is C17H17N5O2. The number of nitrogens with one attached hydrogen (secondary N) is 2. The Morgan fingerprint density at radius 3 is 2.83 bits per heavy atom. The lowest BCUT2D eigenvalue weighted by atomic mass is 10.2. The quantitative estimate of drug-likeness (QED) is 0.752. The van der Waals surface area contributed by atoms with Crippen molar-refractivity contribution in [1.82, 2.24) is 25.5 Å². The van der Waals surface area contributed by atoms with E-state index in [0.29, 0.717) is 17.3 Å². The van der Waals surface area contributed by atoms with Gasteiger partial charge in [-0.05, 0) is 38.1 Å². The zero-order chi connectivity index (χ0) is 16.9. The summed E-state index contributed by atoms with van der Waals surface area (Å²) >= 11 is 0. The molecule has 0 radical (unpaired) electrons. The van der Waals surface area contributed by atoms with Crippen LogP contribution in [0.5, 0.6) is 11.6 Å². The van der Waals surface area contributed by atoms with Crippen LogP contribution in [-0.2, 0) is 6.54 Å². The van der Waals surface area contributed by atoms with Crippen molar-refractivity contribution < 1.29 is 9.53 Å². The summed E-state index contributed by atoms with van der Waals surface area (Å²) in [4.78, 5) is 20.5. The number of rotatable bonds is 5. The molecule has 0 unspecified atom stereocenters. The molecule has 0 saturated heterocycles. The van der Waals surface area contributed by atoms with Gasteiger partial charge >= 0.3 is 0 Å². The van der Waals surface area contributed by atoms with Crippen LogP contribution in [0, 0.1) is 13.8 Å². The third-order valence-corrected chi connectivity index (χ3v) is 3.33. The van der Waals surface area contributed by atoms with Gasteiger partial charge in [0.15, 0.2) is 0 Å². The zero-order valence-corrected chi connectivity index (χ0v) is 13.4. The van der Waals surface area contributed by atoms with Gasteiger partial charge in [-0.1, -0.05) is 6.07 Å². The average Bonchev–Trinajstić information content (AvgIpc) is 3.02. The van der Waals surface area contributed by atoms with Crippen LogP contribution < -0.4 is 10.1 Å². The number of aromatic amines is 1. The van der Waals surface area contributed by atoms with Crippen molar-refractivity contribution in [3.8, 4) is 11.6 Å². The van der Waals surface area contributed by atoms with Gasteiger partial charge < -0.3 is 10.1 Å². The Morgan fingerprint density at radius 1 is 1.25 bits per heavy atom. The van der Waals surface area contributed by atoms with Crippen LogP contribution in [0.4, 0.5) is 0 Å². The molecule has 0 aromatic carbocycles. The van der Waals surface area contributed by atoms with Crippen LogP contribution in [0.1, 0.15) is 27.4 Å². The van der Waals surface area contributed by atoms with E-state index in [0.717, 1.165) is 17.0 Å². The van der Waals surface area contributed by atoms with Crippen molar-refractivity contribution in [2.24, 2.45) is 0 Å². The Balaban J connectivity index is 1.69. The van der Waals surface area contributed by atoms with Gasteiger partial charge in [0.05, 0.1) is 6.20 Å². The Labute approximate surface area is 139 Å². The third kappa shape index (κ3) is 3.75. The van der Waals surface area contributed by atoms with Crippen molar-refractivity contribution in [3.05, 3.63) is 65.4 Å². The lowest BCUT2D eigenvalue weighted by molar-refractivity contribution is 0.0945. The van der Waals surface area contributed by atoms with Gasteiger partial charge in [0, 0.05) is 29.7 Å². The Kier molecular flexibility index (Phi) is 4.51. The van der Waals surface area contributed by atoms with Gasteiger partial charge in [-0.25, -0.2) is 4.98 Å². The highest BCUT2D eigenvalue weighted by atomic mass is 16.5. The standard InChI is InChI=1S/C17H17N5O2/c1-11-5-6-14(10-19-11)24-17-13(4-3-7-18-17)9-20-16(23)15-8-12(2)21-22-15/h3-8,10H,9H2,1-2H3,(H,20,23)(H,21,22). The lowest BCUT2D eigenvalue weighted by Gasteiger charge is -2.10. The van der Waals surface area contributed by atoms with E-state index >= 15 is 0 Å². The fourth-order valence-electron chi connectivity index (χ4n) is 2.08. The highest BCUT2D eigenvalue weighted by Gasteiger charge is 2.11. The van der Waals surface area contributed by atoms with Crippen molar-refractivity contribution in [3.63, 3.8) is 0 Å². The van der Waals surface area contributed by atoms with Crippen molar-refractivity contribution >= 4 is 5.91 Å². The molecule has 1 amide bonds. The van der Waals surface area contributed by atoms with Crippen LogP contribution in [0.3, 0.4) is 0 Å². The molecule has 3 rings (SSSR count). The number of aromatic nitrogens is 4. The summed E-state index contributed by atoms with van der Waals surface area (Å²) in [7, 11) is 0. The summed E-state index contributed by atoms with van der Waals surface area (Å²) in [5.74, 6) is 0.766. The number of hydrogen-bond acceptors (Lipinski definition) is 5. The number of nitrogens with zero attached hydrogens (tertiary/aromatic N) is 3. The van der Waals surface area contributed by atoms with Gasteiger partial charge in [-0.3, -0.25) is 14.9 Å². The van der Waals surface area contributed by atoms with Gasteiger partial charge in [-0.2, -0.15) is 5.10 Å². The minimum atomic E-state index is -0.258. The molecule has 2 N–H and O–H groups in total. The van der Waals surface area contributed by atoms with Gasteiger partial charge in [-0.15, -0.1) is 0 Å². The summed E-state index contributed by atoms with van der Waals surface area (Å²) in [5, 5.41) is 9.48.